The molecule has 0 amide bonds. The first kappa shape index (κ1) is 12.2. The lowest BCUT2D eigenvalue weighted by molar-refractivity contribution is 0.412. The zero-order valence-corrected chi connectivity index (χ0v) is 9.33. The molecule has 0 heterocycles. The minimum absolute atomic E-state index is 0.260. The van der Waals surface area contributed by atoms with Crippen molar-refractivity contribution in [1.29, 1.82) is 0 Å². The first-order chi connectivity index (χ1) is 5.99. The first-order valence-corrected chi connectivity index (χ1v) is 4.89. The van der Waals surface area contributed by atoms with Crippen molar-refractivity contribution in [3.8, 4) is 0 Å². The van der Waals surface area contributed by atoms with Gasteiger partial charge in [0.15, 0.2) is 0 Å². The number of aliphatic imine (C=N–C) groups is 1. The van der Waals surface area contributed by atoms with E-state index < -0.39 is 0 Å². The summed E-state index contributed by atoms with van der Waals surface area (Å²) in [5.74, 6) is 1.40. The number of aliphatic hydroxyl groups excluding tert-OH is 1. The van der Waals surface area contributed by atoms with Gasteiger partial charge < -0.3 is 5.11 Å². The average Bonchev–Trinajstić information content (AvgIpc) is 2.11. The molecule has 2 atom stereocenters. The van der Waals surface area contributed by atoms with Gasteiger partial charge in [-0.15, -0.1) is 0 Å². The normalized spacial score (nSPS) is 18.5. The summed E-state index contributed by atoms with van der Waals surface area (Å²) in [6, 6.07) is 0. The molecule has 0 aromatic heterocycles. The van der Waals surface area contributed by atoms with Crippen LogP contribution in [0.2, 0.25) is 0 Å². The molecule has 0 saturated carbocycles. The Morgan fingerprint density at radius 1 is 1.38 bits per heavy atom. The Bertz CT molecular complexity index is 202. The van der Waals surface area contributed by atoms with Crippen LogP contribution < -0.4 is 0 Å². The topological polar surface area (TPSA) is 32.6 Å². The molecule has 0 aromatic carbocycles. The van der Waals surface area contributed by atoms with Crippen LogP contribution in [0.15, 0.2) is 17.0 Å². The summed E-state index contributed by atoms with van der Waals surface area (Å²) in [4.78, 5) is 4.20. The van der Waals surface area contributed by atoms with Crippen LogP contribution in [-0.2, 0) is 0 Å². The van der Waals surface area contributed by atoms with Crippen LogP contribution in [0.5, 0.6) is 0 Å². The van der Waals surface area contributed by atoms with Crippen molar-refractivity contribution in [1.82, 2.24) is 0 Å². The Morgan fingerprint density at radius 2 is 1.92 bits per heavy atom. The van der Waals surface area contributed by atoms with Gasteiger partial charge in [-0.05, 0) is 25.7 Å². The maximum Gasteiger partial charge on any atom is 0.107 e. The number of hydrogen-bond donors (Lipinski definition) is 1. The molecule has 0 spiro atoms. The summed E-state index contributed by atoms with van der Waals surface area (Å²) in [6.45, 7) is 10.2. The van der Waals surface area contributed by atoms with Crippen LogP contribution in [0.1, 0.15) is 41.0 Å². The SMILES string of the molecule is CCC(C)C(C)/C(C)=N/C=C(/C)O. The first-order valence-electron chi connectivity index (χ1n) is 4.89. The van der Waals surface area contributed by atoms with E-state index in [1.165, 1.54) is 6.20 Å². The Labute approximate surface area is 81.4 Å². The van der Waals surface area contributed by atoms with E-state index in [1.807, 2.05) is 6.92 Å². The van der Waals surface area contributed by atoms with Crippen molar-refractivity contribution in [2.24, 2.45) is 16.8 Å². The summed E-state index contributed by atoms with van der Waals surface area (Å²) in [6.07, 6.45) is 2.67. The number of allylic oxidation sites excluding steroid dienone is 1. The van der Waals surface area contributed by atoms with Crippen molar-refractivity contribution in [3.05, 3.63) is 12.0 Å². The second-order valence-corrected chi connectivity index (χ2v) is 3.72. The van der Waals surface area contributed by atoms with Crippen molar-refractivity contribution in [2.45, 2.75) is 41.0 Å². The molecule has 2 unspecified atom stereocenters. The van der Waals surface area contributed by atoms with Crippen LogP contribution in [0.3, 0.4) is 0 Å². The minimum atomic E-state index is 0.260. The maximum atomic E-state index is 8.93. The zero-order chi connectivity index (χ0) is 10.4. The van der Waals surface area contributed by atoms with E-state index in [9.17, 15) is 0 Å². The van der Waals surface area contributed by atoms with Gasteiger partial charge in [0.2, 0.25) is 0 Å². The summed E-state index contributed by atoms with van der Waals surface area (Å²) in [5.41, 5.74) is 1.09. The molecule has 0 bridgehead atoms. The standard InChI is InChI=1S/C11H21NO/c1-6-8(2)10(4)11(5)12-7-9(3)13/h7-8,10,13H,6H2,1-5H3/b9-7-,12-11+. The van der Waals surface area contributed by atoms with Crippen LogP contribution >= 0.6 is 0 Å². The molecule has 0 fully saturated rings. The van der Waals surface area contributed by atoms with E-state index in [4.69, 9.17) is 5.11 Å². The summed E-state index contributed by atoms with van der Waals surface area (Å²) in [7, 11) is 0. The fourth-order valence-electron chi connectivity index (χ4n) is 1.08. The second-order valence-electron chi connectivity index (χ2n) is 3.72. The van der Waals surface area contributed by atoms with E-state index >= 15 is 0 Å². The van der Waals surface area contributed by atoms with Crippen LogP contribution in [0.25, 0.3) is 0 Å². The number of rotatable bonds is 4. The third kappa shape index (κ3) is 4.71. The van der Waals surface area contributed by atoms with Crippen LogP contribution in [0, 0.1) is 11.8 Å². The van der Waals surface area contributed by atoms with Gasteiger partial charge in [0.1, 0.15) is 5.76 Å². The lowest BCUT2D eigenvalue weighted by Crippen LogP contribution is -2.15. The summed E-state index contributed by atoms with van der Waals surface area (Å²) in [5, 5.41) is 8.93. The zero-order valence-electron chi connectivity index (χ0n) is 9.33. The van der Waals surface area contributed by atoms with Gasteiger partial charge in [0, 0.05) is 5.71 Å². The molecular weight excluding hydrogens is 162 g/mol. The molecule has 0 aliphatic rings. The number of aliphatic hydroxyl groups is 1. The highest BCUT2D eigenvalue weighted by Crippen LogP contribution is 2.16. The molecule has 0 aliphatic carbocycles. The van der Waals surface area contributed by atoms with Gasteiger partial charge in [-0.1, -0.05) is 27.2 Å². The predicted octanol–water partition coefficient (Wildman–Crippen LogP) is 3.55. The largest absolute Gasteiger partial charge is 0.511 e. The van der Waals surface area contributed by atoms with Crippen molar-refractivity contribution >= 4 is 5.71 Å². The van der Waals surface area contributed by atoms with Gasteiger partial charge in [-0.3, -0.25) is 4.99 Å². The highest BCUT2D eigenvalue weighted by atomic mass is 16.3. The molecule has 2 heteroatoms. The molecule has 0 rings (SSSR count). The molecule has 0 aliphatic heterocycles. The Kier molecular flexibility index (Phi) is 5.44. The Hall–Kier alpha value is -0.790. The molecule has 0 aromatic rings. The van der Waals surface area contributed by atoms with E-state index in [0.717, 1.165) is 12.1 Å². The molecule has 13 heavy (non-hydrogen) atoms. The van der Waals surface area contributed by atoms with Crippen LogP contribution in [-0.4, -0.2) is 10.8 Å². The van der Waals surface area contributed by atoms with Gasteiger partial charge in [0.05, 0.1) is 6.20 Å². The lowest BCUT2D eigenvalue weighted by Gasteiger charge is -2.17. The third-order valence-electron chi connectivity index (χ3n) is 2.61. The van der Waals surface area contributed by atoms with Crippen molar-refractivity contribution in [3.63, 3.8) is 0 Å². The van der Waals surface area contributed by atoms with Gasteiger partial charge in [-0.25, -0.2) is 0 Å². The second kappa shape index (κ2) is 5.79. The molecule has 0 saturated heterocycles. The molecule has 2 nitrogen and oxygen atoms in total. The highest BCUT2D eigenvalue weighted by molar-refractivity contribution is 5.84. The predicted molar refractivity (Wildman–Crippen MR) is 58.1 cm³/mol. The monoisotopic (exact) mass is 183 g/mol. The van der Waals surface area contributed by atoms with Gasteiger partial charge >= 0.3 is 0 Å². The Morgan fingerprint density at radius 3 is 2.31 bits per heavy atom. The van der Waals surface area contributed by atoms with E-state index in [1.54, 1.807) is 6.92 Å². The lowest BCUT2D eigenvalue weighted by atomic mass is 9.90. The fraction of sp³-hybridized carbons (Fsp3) is 0.727. The van der Waals surface area contributed by atoms with Gasteiger partial charge in [0.25, 0.3) is 0 Å². The fourth-order valence-corrected chi connectivity index (χ4v) is 1.08. The molecular formula is C11H21NO. The van der Waals surface area contributed by atoms with Gasteiger partial charge in [-0.2, -0.15) is 0 Å². The van der Waals surface area contributed by atoms with E-state index in [-0.39, 0.29) is 5.76 Å². The average molecular weight is 183 g/mol. The summed E-state index contributed by atoms with van der Waals surface area (Å²) < 4.78 is 0. The molecule has 1 N–H and O–H groups in total. The summed E-state index contributed by atoms with van der Waals surface area (Å²) >= 11 is 0. The maximum absolute atomic E-state index is 8.93. The molecule has 0 radical (unpaired) electrons. The van der Waals surface area contributed by atoms with E-state index in [2.05, 4.69) is 25.8 Å². The third-order valence-corrected chi connectivity index (χ3v) is 2.61. The van der Waals surface area contributed by atoms with E-state index in [0.29, 0.717) is 11.8 Å². The Balaban J connectivity index is 4.32. The highest BCUT2D eigenvalue weighted by Gasteiger charge is 2.12. The minimum Gasteiger partial charge on any atom is -0.511 e. The number of nitrogens with zero attached hydrogens (tertiary/aromatic N) is 1. The quantitative estimate of drug-likeness (QED) is 0.524. The number of hydrogen-bond acceptors (Lipinski definition) is 2. The van der Waals surface area contributed by atoms with Crippen LogP contribution in [0.4, 0.5) is 0 Å². The van der Waals surface area contributed by atoms with Crippen molar-refractivity contribution < 1.29 is 5.11 Å². The van der Waals surface area contributed by atoms with Crippen molar-refractivity contribution in [2.75, 3.05) is 0 Å². The molecule has 76 valence electrons. The smallest absolute Gasteiger partial charge is 0.107 e.